The van der Waals surface area contributed by atoms with Gasteiger partial charge in [-0.15, -0.1) is 0 Å². The van der Waals surface area contributed by atoms with E-state index in [9.17, 15) is 9.59 Å². The van der Waals surface area contributed by atoms with Gasteiger partial charge in [-0.05, 0) is 25.0 Å². The van der Waals surface area contributed by atoms with Crippen LogP contribution in [0, 0.1) is 5.92 Å². The summed E-state index contributed by atoms with van der Waals surface area (Å²) < 4.78 is 4.79. The molecule has 0 spiro atoms. The quantitative estimate of drug-likeness (QED) is 0.875. The zero-order valence-electron chi connectivity index (χ0n) is 13.2. The van der Waals surface area contributed by atoms with Gasteiger partial charge in [0.15, 0.2) is 0 Å². The van der Waals surface area contributed by atoms with Gasteiger partial charge in [0.05, 0.1) is 24.1 Å². The molecule has 1 aliphatic heterocycles. The first kappa shape index (κ1) is 15.5. The molecule has 1 aromatic carbocycles. The number of aromatic amines is 1. The van der Waals surface area contributed by atoms with Crippen LogP contribution in [0.3, 0.4) is 0 Å². The monoisotopic (exact) mass is 315 g/mol. The van der Waals surface area contributed by atoms with Crippen molar-refractivity contribution in [2.24, 2.45) is 5.92 Å². The van der Waals surface area contributed by atoms with Crippen molar-refractivity contribution in [1.29, 1.82) is 0 Å². The Morgan fingerprint density at radius 3 is 3.00 bits per heavy atom. The Bertz CT molecular complexity index is 677. The number of carbonyl (C=O) groups excluding carboxylic acids is 2. The molecule has 1 N–H and O–H groups in total. The Morgan fingerprint density at radius 2 is 2.22 bits per heavy atom. The first-order valence-corrected chi connectivity index (χ1v) is 7.96. The third kappa shape index (κ3) is 3.52. The van der Waals surface area contributed by atoms with Gasteiger partial charge in [0.2, 0.25) is 5.91 Å². The molecule has 1 fully saturated rings. The van der Waals surface area contributed by atoms with E-state index in [0.717, 1.165) is 29.7 Å². The van der Waals surface area contributed by atoms with E-state index in [1.54, 1.807) is 4.90 Å². The van der Waals surface area contributed by atoms with Gasteiger partial charge in [-0.2, -0.15) is 0 Å². The van der Waals surface area contributed by atoms with Crippen molar-refractivity contribution in [3.05, 3.63) is 30.1 Å². The molecule has 6 nitrogen and oxygen atoms in total. The minimum Gasteiger partial charge on any atom is -0.469 e. The normalized spacial score (nSPS) is 18.1. The number of imidazole rings is 1. The van der Waals surface area contributed by atoms with Gasteiger partial charge in [0.1, 0.15) is 5.82 Å². The van der Waals surface area contributed by atoms with E-state index in [1.165, 1.54) is 7.11 Å². The molecule has 0 unspecified atom stereocenters. The molecular formula is C17H21N3O3. The molecule has 1 amide bonds. The summed E-state index contributed by atoms with van der Waals surface area (Å²) in [5.74, 6) is 0.476. The fourth-order valence-electron chi connectivity index (χ4n) is 3.07. The number of carbonyl (C=O) groups is 2. The van der Waals surface area contributed by atoms with Gasteiger partial charge < -0.3 is 14.6 Å². The minimum absolute atomic E-state index is 0.0686. The van der Waals surface area contributed by atoms with Gasteiger partial charge in [-0.25, -0.2) is 4.98 Å². The van der Waals surface area contributed by atoms with Gasteiger partial charge in [-0.3, -0.25) is 9.59 Å². The maximum Gasteiger partial charge on any atom is 0.310 e. The number of aryl methyl sites for hydroxylation is 1. The summed E-state index contributed by atoms with van der Waals surface area (Å²) in [5.41, 5.74) is 1.90. The summed E-state index contributed by atoms with van der Waals surface area (Å²) in [7, 11) is 1.39. The summed E-state index contributed by atoms with van der Waals surface area (Å²) >= 11 is 0. The molecule has 2 heterocycles. The topological polar surface area (TPSA) is 75.3 Å². The first-order chi connectivity index (χ1) is 11.2. The Labute approximate surface area is 134 Å². The molecule has 1 atom stereocenters. The summed E-state index contributed by atoms with van der Waals surface area (Å²) in [5, 5.41) is 0. The largest absolute Gasteiger partial charge is 0.469 e. The Morgan fingerprint density at radius 1 is 1.39 bits per heavy atom. The molecule has 1 saturated heterocycles. The molecule has 0 aliphatic carbocycles. The lowest BCUT2D eigenvalue weighted by Gasteiger charge is -2.31. The number of methoxy groups -OCH3 is 1. The van der Waals surface area contributed by atoms with Crippen molar-refractivity contribution < 1.29 is 14.3 Å². The molecule has 0 saturated carbocycles. The predicted molar refractivity (Wildman–Crippen MR) is 85.7 cm³/mol. The van der Waals surface area contributed by atoms with E-state index >= 15 is 0 Å². The van der Waals surface area contributed by atoms with Crippen molar-refractivity contribution in [2.45, 2.75) is 25.7 Å². The highest BCUT2D eigenvalue weighted by atomic mass is 16.5. The second-order valence-electron chi connectivity index (χ2n) is 5.90. The lowest BCUT2D eigenvalue weighted by Crippen LogP contribution is -2.42. The lowest BCUT2D eigenvalue weighted by molar-refractivity contribution is -0.149. The number of H-pyrrole nitrogens is 1. The number of benzene rings is 1. The number of ether oxygens (including phenoxy) is 1. The van der Waals surface area contributed by atoms with Crippen LogP contribution in [-0.2, 0) is 20.7 Å². The second kappa shape index (κ2) is 6.81. The highest BCUT2D eigenvalue weighted by Crippen LogP contribution is 2.19. The van der Waals surface area contributed by atoms with Crippen LogP contribution in [0.1, 0.15) is 25.1 Å². The van der Waals surface area contributed by atoms with Gasteiger partial charge in [0.25, 0.3) is 0 Å². The van der Waals surface area contributed by atoms with E-state index in [4.69, 9.17) is 4.74 Å². The minimum atomic E-state index is -0.222. The van der Waals surface area contributed by atoms with E-state index in [1.807, 2.05) is 24.3 Å². The molecule has 3 rings (SSSR count). The van der Waals surface area contributed by atoms with E-state index in [-0.39, 0.29) is 17.8 Å². The van der Waals surface area contributed by atoms with Crippen LogP contribution in [0.15, 0.2) is 24.3 Å². The Kier molecular flexibility index (Phi) is 4.60. The average molecular weight is 315 g/mol. The number of rotatable bonds is 4. The van der Waals surface area contributed by atoms with E-state index in [2.05, 4.69) is 9.97 Å². The Balaban J connectivity index is 1.57. The van der Waals surface area contributed by atoms with Crippen LogP contribution in [0.2, 0.25) is 0 Å². The van der Waals surface area contributed by atoms with Crippen molar-refractivity contribution in [2.75, 3.05) is 20.2 Å². The number of nitrogens with zero attached hydrogens (tertiary/aromatic N) is 2. The number of aromatic nitrogens is 2. The molecule has 6 heteroatoms. The van der Waals surface area contributed by atoms with Crippen molar-refractivity contribution in [3.63, 3.8) is 0 Å². The number of para-hydroxylation sites is 2. The third-order valence-electron chi connectivity index (χ3n) is 4.32. The fraction of sp³-hybridized carbons (Fsp3) is 0.471. The SMILES string of the molecule is COC(=O)[C@H]1CCCN(C(=O)CCc2nc3ccccc3[nH]2)C1. The number of amides is 1. The molecule has 23 heavy (non-hydrogen) atoms. The second-order valence-corrected chi connectivity index (χ2v) is 5.90. The molecule has 1 aromatic heterocycles. The molecule has 1 aliphatic rings. The van der Waals surface area contributed by atoms with Crippen LogP contribution in [0.25, 0.3) is 11.0 Å². The summed E-state index contributed by atoms with van der Waals surface area (Å²) in [6.45, 7) is 1.18. The smallest absolute Gasteiger partial charge is 0.310 e. The van der Waals surface area contributed by atoms with Crippen molar-refractivity contribution in [1.82, 2.24) is 14.9 Å². The van der Waals surface area contributed by atoms with Gasteiger partial charge >= 0.3 is 5.97 Å². The highest BCUT2D eigenvalue weighted by Gasteiger charge is 2.28. The molecule has 0 bridgehead atoms. The number of piperidine rings is 1. The molecular weight excluding hydrogens is 294 g/mol. The summed E-state index contributed by atoms with van der Waals surface area (Å²) in [6, 6.07) is 7.82. The number of esters is 1. The number of likely N-dealkylation sites (tertiary alicyclic amines) is 1. The number of hydrogen-bond donors (Lipinski definition) is 1. The summed E-state index contributed by atoms with van der Waals surface area (Å²) in [6.07, 6.45) is 2.61. The molecule has 122 valence electrons. The maximum atomic E-state index is 12.4. The zero-order chi connectivity index (χ0) is 16.2. The number of fused-ring (bicyclic) bond motifs is 1. The number of hydrogen-bond acceptors (Lipinski definition) is 4. The van der Waals surface area contributed by atoms with E-state index in [0.29, 0.717) is 25.9 Å². The van der Waals surface area contributed by atoms with Gasteiger partial charge in [0, 0.05) is 25.9 Å². The fourth-order valence-corrected chi connectivity index (χ4v) is 3.07. The molecule has 2 aromatic rings. The maximum absolute atomic E-state index is 12.4. The zero-order valence-corrected chi connectivity index (χ0v) is 13.2. The standard InChI is InChI=1S/C17H21N3O3/c1-23-17(22)12-5-4-10-20(11-12)16(21)9-8-15-18-13-6-2-3-7-14(13)19-15/h2-3,6-7,12H,4-5,8-11H2,1H3,(H,18,19)/t12-/m0/s1. The van der Waals surface area contributed by atoms with Crippen LogP contribution in [0.4, 0.5) is 0 Å². The van der Waals surface area contributed by atoms with Crippen LogP contribution < -0.4 is 0 Å². The first-order valence-electron chi connectivity index (χ1n) is 7.96. The van der Waals surface area contributed by atoms with Crippen LogP contribution >= 0.6 is 0 Å². The lowest BCUT2D eigenvalue weighted by atomic mass is 9.98. The molecule has 0 radical (unpaired) electrons. The van der Waals surface area contributed by atoms with Crippen LogP contribution in [-0.4, -0.2) is 46.9 Å². The van der Waals surface area contributed by atoms with Crippen molar-refractivity contribution >= 4 is 22.9 Å². The Hall–Kier alpha value is -2.37. The highest BCUT2D eigenvalue weighted by molar-refractivity contribution is 5.79. The van der Waals surface area contributed by atoms with Gasteiger partial charge in [-0.1, -0.05) is 12.1 Å². The van der Waals surface area contributed by atoms with Crippen LogP contribution in [0.5, 0.6) is 0 Å². The average Bonchev–Trinajstić information content (AvgIpc) is 3.02. The van der Waals surface area contributed by atoms with Crippen molar-refractivity contribution in [3.8, 4) is 0 Å². The predicted octanol–water partition coefficient (Wildman–Crippen LogP) is 1.91. The van der Waals surface area contributed by atoms with E-state index < -0.39 is 0 Å². The summed E-state index contributed by atoms with van der Waals surface area (Å²) in [4.78, 5) is 33.5. The number of nitrogens with one attached hydrogen (secondary N) is 1. The third-order valence-corrected chi connectivity index (χ3v) is 4.32.